The fourth-order valence-corrected chi connectivity index (χ4v) is 3.02. The molecule has 2 aromatic carbocycles. The fraction of sp³-hybridized carbons (Fsp3) is 0.238. The number of hydrogen-bond donors (Lipinski definition) is 0. The number of hydrogen-bond acceptors (Lipinski definition) is 6. The molecular weight excluding hydrogens is 411 g/mol. The molecule has 7 nitrogen and oxygen atoms in total. The molecule has 10 heteroatoms. The average molecular weight is 429 g/mol. The van der Waals surface area contributed by atoms with Crippen molar-refractivity contribution in [1.82, 2.24) is 24.9 Å². The number of aryl methyl sites for hydroxylation is 2. The monoisotopic (exact) mass is 429 g/mol. The van der Waals surface area contributed by atoms with Gasteiger partial charge in [0.15, 0.2) is 0 Å². The number of aromatic nitrogens is 5. The maximum atomic E-state index is 12.3. The number of alkyl halides is 3. The van der Waals surface area contributed by atoms with Crippen molar-refractivity contribution in [1.29, 1.82) is 0 Å². The van der Waals surface area contributed by atoms with Crippen LogP contribution >= 0.6 is 0 Å². The maximum absolute atomic E-state index is 12.3. The molecule has 4 rings (SSSR count). The Morgan fingerprint density at radius 2 is 1.74 bits per heavy atom. The Hall–Kier alpha value is -3.69. The van der Waals surface area contributed by atoms with Crippen molar-refractivity contribution < 1.29 is 22.4 Å². The van der Waals surface area contributed by atoms with Crippen molar-refractivity contribution in [2.45, 2.75) is 33.2 Å². The topological polar surface area (TPSA) is 78.9 Å². The number of ether oxygens (including phenoxy) is 1. The molecule has 160 valence electrons. The van der Waals surface area contributed by atoms with Gasteiger partial charge in [-0.1, -0.05) is 36.3 Å². The van der Waals surface area contributed by atoms with E-state index in [0.717, 1.165) is 12.0 Å². The predicted octanol–water partition coefficient (Wildman–Crippen LogP) is 4.81. The van der Waals surface area contributed by atoms with E-state index in [1.54, 1.807) is 4.68 Å². The maximum Gasteiger partial charge on any atom is 0.573 e. The van der Waals surface area contributed by atoms with Crippen molar-refractivity contribution in [3.05, 3.63) is 65.5 Å². The van der Waals surface area contributed by atoms with Crippen molar-refractivity contribution in [2.75, 3.05) is 0 Å². The largest absolute Gasteiger partial charge is 0.573 e. The number of halogens is 3. The number of rotatable bonds is 6. The quantitative estimate of drug-likeness (QED) is 0.438. The molecule has 0 fully saturated rings. The van der Waals surface area contributed by atoms with Crippen molar-refractivity contribution in [3.63, 3.8) is 0 Å². The lowest BCUT2D eigenvalue weighted by molar-refractivity contribution is -0.274. The summed E-state index contributed by atoms with van der Waals surface area (Å²) in [7, 11) is 0. The van der Waals surface area contributed by atoms with E-state index in [1.807, 2.05) is 19.1 Å². The Kier molecular flexibility index (Phi) is 5.45. The normalized spacial score (nSPS) is 11.6. The van der Waals surface area contributed by atoms with E-state index in [9.17, 15) is 13.2 Å². The van der Waals surface area contributed by atoms with E-state index in [4.69, 9.17) is 4.52 Å². The van der Waals surface area contributed by atoms with Gasteiger partial charge in [-0.2, -0.15) is 4.98 Å². The van der Waals surface area contributed by atoms with Crippen molar-refractivity contribution >= 4 is 0 Å². The van der Waals surface area contributed by atoms with Gasteiger partial charge in [-0.05, 0) is 48.7 Å². The van der Waals surface area contributed by atoms with Crippen molar-refractivity contribution in [2.24, 2.45) is 0 Å². The summed E-state index contributed by atoms with van der Waals surface area (Å²) >= 11 is 0. The Morgan fingerprint density at radius 1 is 1.00 bits per heavy atom. The third-order valence-corrected chi connectivity index (χ3v) is 4.55. The minimum atomic E-state index is -4.75. The first-order valence-electron chi connectivity index (χ1n) is 9.50. The molecule has 2 aromatic heterocycles. The van der Waals surface area contributed by atoms with E-state index in [1.165, 1.54) is 29.8 Å². The second-order valence-electron chi connectivity index (χ2n) is 6.81. The van der Waals surface area contributed by atoms with Crippen LogP contribution < -0.4 is 4.74 Å². The summed E-state index contributed by atoms with van der Waals surface area (Å²) in [6, 6.07) is 13.4. The molecule has 0 saturated carbocycles. The van der Waals surface area contributed by atoms with Crippen LogP contribution in [-0.2, 0) is 13.0 Å². The second kappa shape index (κ2) is 8.21. The Morgan fingerprint density at radius 3 is 2.45 bits per heavy atom. The van der Waals surface area contributed by atoms with E-state index < -0.39 is 6.36 Å². The van der Waals surface area contributed by atoms with Gasteiger partial charge in [0.1, 0.15) is 11.6 Å². The highest BCUT2D eigenvalue weighted by atomic mass is 19.4. The molecule has 0 spiro atoms. The van der Waals surface area contributed by atoms with Crippen LogP contribution in [0.2, 0.25) is 0 Å². The molecule has 0 unspecified atom stereocenters. The average Bonchev–Trinajstić information content (AvgIpc) is 3.35. The van der Waals surface area contributed by atoms with Crippen LogP contribution in [0.15, 0.2) is 53.1 Å². The highest BCUT2D eigenvalue weighted by Gasteiger charge is 2.31. The van der Waals surface area contributed by atoms with E-state index in [2.05, 4.69) is 44.0 Å². The van der Waals surface area contributed by atoms with E-state index in [0.29, 0.717) is 17.9 Å². The Bertz CT molecular complexity index is 1180. The molecule has 0 bridgehead atoms. The van der Waals surface area contributed by atoms with Gasteiger partial charge < -0.3 is 9.26 Å². The Labute approximate surface area is 175 Å². The molecular formula is C21H18F3N5O2. The lowest BCUT2D eigenvalue weighted by atomic mass is 10.1. The molecule has 0 aliphatic heterocycles. The molecule has 31 heavy (non-hydrogen) atoms. The Balaban J connectivity index is 1.52. The standard InChI is InChI=1S/C21H18F3N5O2/c1-3-14-5-4-6-15(11-14)12-29-13(2)25-19(27-29)20-26-18(28-31-20)16-7-9-17(10-8-16)30-21(22,23)24/h4-11H,3,12H2,1-2H3. The lowest BCUT2D eigenvalue weighted by Gasteiger charge is -2.08. The summed E-state index contributed by atoms with van der Waals surface area (Å²) in [5.74, 6) is 0.960. The van der Waals surface area contributed by atoms with Crippen LogP contribution in [0, 0.1) is 6.92 Å². The molecule has 4 aromatic rings. The van der Waals surface area contributed by atoms with Crippen LogP contribution in [-0.4, -0.2) is 31.3 Å². The van der Waals surface area contributed by atoms with Gasteiger partial charge >= 0.3 is 6.36 Å². The molecule has 0 aliphatic carbocycles. The van der Waals surface area contributed by atoms with Crippen LogP contribution in [0.4, 0.5) is 13.2 Å². The van der Waals surface area contributed by atoms with E-state index in [-0.39, 0.29) is 23.3 Å². The summed E-state index contributed by atoms with van der Waals surface area (Å²) in [4.78, 5) is 8.66. The summed E-state index contributed by atoms with van der Waals surface area (Å²) in [5.41, 5.74) is 2.81. The number of nitrogens with zero attached hydrogens (tertiary/aromatic N) is 5. The molecule has 0 radical (unpaired) electrons. The fourth-order valence-electron chi connectivity index (χ4n) is 3.02. The second-order valence-corrected chi connectivity index (χ2v) is 6.81. The van der Waals surface area contributed by atoms with Crippen LogP contribution in [0.1, 0.15) is 23.9 Å². The highest BCUT2D eigenvalue weighted by molar-refractivity contribution is 5.57. The lowest BCUT2D eigenvalue weighted by Crippen LogP contribution is -2.16. The minimum Gasteiger partial charge on any atom is -0.406 e. The van der Waals surface area contributed by atoms with Gasteiger partial charge in [-0.3, -0.25) is 0 Å². The van der Waals surface area contributed by atoms with Crippen LogP contribution in [0.5, 0.6) is 5.75 Å². The third kappa shape index (κ3) is 4.90. The molecule has 0 N–H and O–H groups in total. The van der Waals surface area contributed by atoms with Gasteiger partial charge in [-0.25, -0.2) is 9.67 Å². The molecule has 0 amide bonds. The molecule has 0 saturated heterocycles. The summed E-state index contributed by atoms with van der Waals surface area (Å²) in [6.45, 7) is 4.48. The van der Waals surface area contributed by atoms with Gasteiger partial charge in [0, 0.05) is 5.56 Å². The molecule has 0 aliphatic rings. The zero-order chi connectivity index (χ0) is 22.0. The predicted molar refractivity (Wildman–Crippen MR) is 105 cm³/mol. The van der Waals surface area contributed by atoms with Gasteiger partial charge in [-0.15, -0.1) is 18.3 Å². The smallest absolute Gasteiger partial charge is 0.406 e. The summed E-state index contributed by atoms with van der Waals surface area (Å²) < 4.78 is 47.7. The zero-order valence-corrected chi connectivity index (χ0v) is 16.7. The van der Waals surface area contributed by atoms with Gasteiger partial charge in [0.25, 0.3) is 5.89 Å². The van der Waals surface area contributed by atoms with Crippen LogP contribution in [0.3, 0.4) is 0 Å². The number of benzene rings is 2. The summed E-state index contributed by atoms with van der Waals surface area (Å²) in [6.07, 6.45) is -3.80. The SMILES string of the molecule is CCc1cccc(Cn2nc(-c3nc(-c4ccc(OC(F)(F)F)cc4)no3)nc2C)c1. The minimum absolute atomic E-state index is 0.120. The highest BCUT2D eigenvalue weighted by Crippen LogP contribution is 2.26. The van der Waals surface area contributed by atoms with E-state index >= 15 is 0 Å². The first kappa shape index (κ1) is 20.6. The first-order valence-corrected chi connectivity index (χ1v) is 9.50. The summed E-state index contributed by atoms with van der Waals surface area (Å²) in [5, 5.41) is 8.33. The van der Waals surface area contributed by atoms with Gasteiger partial charge in [0.2, 0.25) is 11.6 Å². The first-order chi connectivity index (χ1) is 14.8. The molecule has 2 heterocycles. The molecule has 0 atom stereocenters. The third-order valence-electron chi connectivity index (χ3n) is 4.55. The van der Waals surface area contributed by atoms with Crippen LogP contribution in [0.25, 0.3) is 23.1 Å². The van der Waals surface area contributed by atoms with Gasteiger partial charge in [0.05, 0.1) is 6.54 Å². The van der Waals surface area contributed by atoms with Crippen molar-refractivity contribution in [3.8, 4) is 28.9 Å². The zero-order valence-electron chi connectivity index (χ0n) is 16.7.